The molecule has 1 aliphatic heterocycles. The molecule has 116 valence electrons. The van der Waals surface area contributed by atoms with Crippen LogP contribution < -0.4 is 5.32 Å². The number of halogens is 2. The Labute approximate surface area is 135 Å². The van der Waals surface area contributed by atoms with Crippen molar-refractivity contribution in [3.05, 3.63) is 28.2 Å². The number of nitrogens with zero attached hydrogens (tertiary/aromatic N) is 1. The number of para-hydroxylation sites is 1. The van der Waals surface area contributed by atoms with Crippen molar-refractivity contribution in [2.45, 2.75) is 39.0 Å². The van der Waals surface area contributed by atoms with E-state index in [-0.39, 0.29) is 24.2 Å². The van der Waals surface area contributed by atoms with Crippen LogP contribution in [0.3, 0.4) is 0 Å². The fraction of sp³-hybridized carbons (Fsp3) is 0.533. The largest absolute Gasteiger partial charge is 0.373 e. The standard InChI is InChI=1S/C15H20Cl2N2O2/c1-9-7-19(8-10(2)21-9)11(3)15(20)18-14-12(16)5-4-6-13(14)17/h4-6,9-11H,7-8H2,1-3H3,(H,18,20)/t9-,10-,11+/m1/s1. The van der Waals surface area contributed by atoms with Gasteiger partial charge in [0.1, 0.15) is 0 Å². The fourth-order valence-electron chi connectivity index (χ4n) is 2.54. The molecule has 1 aromatic carbocycles. The molecule has 4 nitrogen and oxygen atoms in total. The maximum absolute atomic E-state index is 12.4. The quantitative estimate of drug-likeness (QED) is 0.923. The number of carbonyl (C=O) groups excluding carboxylic acids is 1. The normalized spacial score (nSPS) is 24.6. The van der Waals surface area contributed by atoms with Crippen LogP contribution in [0.5, 0.6) is 0 Å². The molecule has 0 aromatic heterocycles. The summed E-state index contributed by atoms with van der Waals surface area (Å²) in [5, 5.41) is 3.69. The Morgan fingerprint density at radius 2 is 1.81 bits per heavy atom. The molecule has 1 heterocycles. The van der Waals surface area contributed by atoms with Gasteiger partial charge in [-0.2, -0.15) is 0 Å². The number of anilines is 1. The smallest absolute Gasteiger partial charge is 0.241 e. The highest BCUT2D eigenvalue weighted by Gasteiger charge is 2.29. The summed E-state index contributed by atoms with van der Waals surface area (Å²) in [7, 11) is 0. The third-order valence-electron chi connectivity index (χ3n) is 3.59. The van der Waals surface area contributed by atoms with Crippen molar-refractivity contribution in [3.63, 3.8) is 0 Å². The average Bonchev–Trinajstić information content (AvgIpc) is 2.41. The molecule has 1 fully saturated rings. The van der Waals surface area contributed by atoms with Crippen LogP contribution in [0.15, 0.2) is 18.2 Å². The van der Waals surface area contributed by atoms with E-state index in [2.05, 4.69) is 10.2 Å². The van der Waals surface area contributed by atoms with Gasteiger partial charge >= 0.3 is 0 Å². The summed E-state index contributed by atoms with van der Waals surface area (Å²) in [5.41, 5.74) is 0.465. The van der Waals surface area contributed by atoms with Crippen molar-refractivity contribution in [2.75, 3.05) is 18.4 Å². The van der Waals surface area contributed by atoms with Gasteiger partial charge in [0, 0.05) is 13.1 Å². The molecule has 0 radical (unpaired) electrons. The maximum atomic E-state index is 12.4. The number of ether oxygens (including phenoxy) is 1. The molecule has 1 aliphatic rings. The Morgan fingerprint density at radius 1 is 1.29 bits per heavy atom. The molecule has 21 heavy (non-hydrogen) atoms. The highest BCUT2D eigenvalue weighted by molar-refractivity contribution is 6.39. The Kier molecular flexibility index (Phi) is 5.49. The van der Waals surface area contributed by atoms with Crippen molar-refractivity contribution in [2.24, 2.45) is 0 Å². The van der Waals surface area contributed by atoms with E-state index in [0.29, 0.717) is 15.7 Å². The fourth-order valence-corrected chi connectivity index (χ4v) is 3.04. The lowest BCUT2D eigenvalue weighted by Gasteiger charge is -2.38. The zero-order valence-corrected chi connectivity index (χ0v) is 13.9. The molecule has 0 unspecified atom stereocenters. The van der Waals surface area contributed by atoms with Gasteiger partial charge in [0.2, 0.25) is 5.91 Å². The molecular formula is C15H20Cl2N2O2. The zero-order valence-electron chi connectivity index (χ0n) is 12.4. The van der Waals surface area contributed by atoms with Crippen LogP contribution in [0.25, 0.3) is 0 Å². The topological polar surface area (TPSA) is 41.6 Å². The number of amides is 1. The van der Waals surface area contributed by atoms with E-state index in [1.807, 2.05) is 20.8 Å². The Morgan fingerprint density at radius 3 is 2.33 bits per heavy atom. The van der Waals surface area contributed by atoms with Crippen LogP contribution in [0, 0.1) is 0 Å². The van der Waals surface area contributed by atoms with Crippen molar-refractivity contribution in [1.82, 2.24) is 4.90 Å². The number of hydrogen-bond acceptors (Lipinski definition) is 3. The van der Waals surface area contributed by atoms with E-state index in [1.54, 1.807) is 18.2 Å². The van der Waals surface area contributed by atoms with Crippen LogP contribution in [0.4, 0.5) is 5.69 Å². The predicted octanol–water partition coefficient (Wildman–Crippen LogP) is 3.43. The molecular weight excluding hydrogens is 311 g/mol. The second kappa shape index (κ2) is 6.97. The zero-order chi connectivity index (χ0) is 15.6. The molecule has 3 atom stereocenters. The van der Waals surface area contributed by atoms with Gasteiger partial charge in [-0.1, -0.05) is 29.3 Å². The molecule has 2 rings (SSSR count). The van der Waals surface area contributed by atoms with E-state index in [1.165, 1.54) is 0 Å². The third kappa shape index (κ3) is 4.10. The summed E-state index contributed by atoms with van der Waals surface area (Å²) in [6.07, 6.45) is 0.237. The molecule has 1 N–H and O–H groups in total. The van der Waals surface area contributed by atoms with Crippen molar-refractivity contribution < 1.29 is 9.53 Å². The monoisotopic (exact) mass is 330 g/mol. The van der Waals surface area contributed by atoms with Crippen LogP contribution in [0.1, 0.15) is 20.8 Å². The van der Waals surface area contributed by atoms with Gasteiger partial charge in [-0.25, -0.2) is 0 Å². The SMILES string of the molecule is C[C@@H]1CN([C@@H](C)C(=O)Nc2c(Cl)cccc2Cl)C[C@@H](C)O1. The minimum Gasteiger partial charge on any atom is -0.373 e. The molecule has 1 saturated heterocycles. The highest BCUT2D eigenvalue weighted by Crippen LogP contribution is 2.30. The third-order valence-corrected chi connectivity index (χ3v) is 4.22. The van der Waals surface area contributed by atoms with Gasteiger partial charge in [-0.05, 0) is 32.9 Å². The van der Waals surface area contributed by atoms with Crippen molar-refractivity contribution >= 4 is 34.8 Å². The van der Waals surface area contributed by atoms with E-state index < -0.39 is 0 Å². The van der Waals surface area contributed by atoms with Gasteiger partial charge in [-0.15, -0.1) is 0 Å². The number of benzene rings is 1. The number of hydrogen-bond donors (Lipinski definition) is 1. The summed E-state index contributed by atoms with van der Waals surface area (Å²) >= 11 is 12.2. The lowest BCUT2D eigenvalue weighted by atomic mass is 10.1. The van der Waals surface area contributed by atoms with Gasteiger partial charge in [-0.3, -0.25) is 9.69 Å². The molecule has 0 spiro atoms. The summed E-state index contributed by atoms with van der Waals surface area (Å²) in [6, 6.07) is 4.88. The lowest BCUT2D eigenvalue weighted by Crippen LogP contribution is -2.52. The molecule has 0 bridgehead atoms. The minimum atomic E-state index is -0.272. The van der Waals surface area contributed by atoms with Crippen LogP contribution in [-0.4, -0.2) is 42.1 Å². The van der Waals surface area contributed by atoms with Gasteiger partial charge < -0.3 is 10.1 Å². The number of carbonyl (C=O) groups is 1. The summed E-state index contributed by atoms with van der Waals surface area (Å²) in [5.74, 6) is -0.119. The molecule has 0 saturated carbocycles. The first-order valence-electron chi connectivity index (χ1n) is 7.03. The van der Waals surface area contributed by atoms with E-state index >= 15 is 0 Å². The maximum Gasteiger partial charge on any atom is 0.241 e. The minimum absolute atomic E-state index is 0.118. The summed E-state index contributed by atoms with van der Waals surface area (Å²) < 4.78 is 5.69. The van der Waals surface area contributed by atoms with Crippen LogP contribution >= 0.6 is 23.2 Å². The van der Waals surface area contributed by atoms with Crippen molar-refractivity contribution in [1.29, 1.82) is 0 Å². The van der Waals surface area contributed by atoms with E-state index in [9.17, 15) is 4.79 Å². The van der Waals surface area contributed by atoms with E-state index in [0.717, 1.165) is 13.1 Å². The molecule has 1 amide bonds. The lowest BCUT2D eigenvalue weighted by molar-refractivity contribution is -0.126. The van der Waals surface area contributed by atoms with Gasteiger partial charge in [0.05, 0.1) is 34.0 Å². The van der Waals surface area contributed by atoms with E-state index in [4.69, 9.17) is 27.9 Å². The molecule has 6 heteroatoms. The predicted molar refractivity (Wildman–Crippen MR) is 86.1 cm³/mol. The van der Waals surface area contributed by atoms with Crippen LogP contribution in [-0.2, 0) is 9.53 Å². The first-order chi connectivity index (χ1) is 9.88. The second-order valence-corrected chi connectivity index (χ2v) is 6.29. The van der Waals surface area contributed by atoms with Crippen LogP contribution in [0.2, 0.25) is 10.0 Å². The number of rotatable bonds is 3. The molecule has 1 aromatic rings. The van der Waals surface area contributed by atoms with Gasteiger partial charge in [0.25, 0.3) is 0 Å². The average molecular weight is 331 g/mol. The summed E-state index contributed by atoms with van der Waals surface area (Å²) in [6.45, 7) is 7.37. The number of morpholine rings is 1. The second-order valence-electron chi connectivity index (χ2n) is 5.47. The number of nitrogens with one attached hydrogen (secondary N) is 1. The Hall–Kier alpha value is -0.810. The van der Waals surface area contributed by atoms with Crippen molar-refractivity contribution in [3.8, 4) is 0 Å². The molecule has 0 aliphatic carbocycles. The highest BCUT2D eigenvalue weighted by atomic mass is 35.5. The first kappa shape index (κ1) is 16.6. The first-order valence-corrected chi connectivity index (χ1v) is 7.78. The van der Waals surface area contributed by atoms with Gasteiger partial charge in [0.15, 0.2) is 0 Å². The Bertz CT molecular complexity index is 494. The summed E-state index contributed by atoms with van der Waals surface area (Å²) in [4.78, 5) is 14.5. The Balaban J connectivity index is 2.06.